The molecule has 2 aromatic carbocycles. The minimum atomic E-state index is -0.663. The lowest BCUT2D eigenvalue weighted by Crippen LogP contribution is -2.25. The van der Waals surface area contributed by atoms with Crippen LogP contribution in [0.5, 0.6) is 17.2 Å². The molecule has 0 spiro atoms. The average Bonchev–Trinajstić information content (AvgIpc) is 2.52. The number of hydrogen-bond acceptors (Lipinski definition) is 4. The number of nitrogens with two attached hydrogens (primary N) is 1. The Labute approximate surface area is 159 Å². The van der Waals surface area contributed by atoms with Crippen molar-refractivity contribution in [1.29, 1.82) is 0 Å². The summed E-state index contributed by atoms with van der Waals surface area (Å²) in [4.78, 5) is 11.0. The fourth-order valence-corrected chi connectivity index (χ4v) is 2.56. The van der Waals surface area contributed by atoms with Gasteiger partial charge in [0.05, 0.1) is 16.5 Å². The second-order valence-corrected chi connectivity index (χ2v) is 6.25. The predicted octanol–water partition coefficient (Wildman–Crippen LogP) is 5.06. The highest BCUT2D eigenvalue weighted by molar-refractivity contribution is 7.79. The maximum atomic E-state index is 11.0. The second kappa shape index (κ2) is 8.53. The first-order valence-corrected chi connectivity index (χ1v) is 8.32. The number of ether oxygens (including phenoxy) is 2. The summed E-state index contributed by atoms with van der Waals surface area (Å²) in [7, 11) is 0. The highest BCUT2D eigenvalue weighted by atomic mass is 35.5. The Hall–Kier alpha value is -1.53. The van der Waals surface area contributed by atoms with Crippen molar-refractivity contribution in [2.45, 2.75) is 12.5 Å². The van der Waals surface area contributed by atoms with E-state index in [0.717, 1.165) is 0 Å². The number of benzene rings is 2. The SMILES string of the molecule is NC(=O)CC(C=S)Oc1cc(Oc2ccc(Cl)cc2Cl)ccc1Cl. The minimum absolute atomic E-state index is 0.0477. The Kier molecular flexibility index (Phi) is 6.69. The molecule has 1 atom stereocenters. The molecule has 2 rings (SSSR count). The lowest BCUT2D eigenvalue weighted by molar-refractivity contribution is -0.118. The molecule has 0 aliphatic rings. The Morgan fingerprint density at radius 2 is 1.88 bits per heavy atom. The Morgan fingerprint density at radius 1 is 1.12 bits per heavy atom. The van der Waals surface area contributed by atoms with Gasteiger partial charge in [0.15, 0.2) is 0 Å². The van der Waals surface area contributed by atoms with Gasteiger partial charge in [0.25, 0.3) is 0 Å². The van der Waals surface area contributed by atoms with Gasteiger partial charge >= 0.3 is 0 Å². The van der Waals surface area contributed by atoms with E-state index in [-0.39, 0.29) is 6.42 Å². The van der Waals surface area contributed by atoms with Crippen molar-refractivity contribution in [2.24, 2.45) is 5.73 Å². The molecule has 8 heteroatoms. The van der Waals surface area contributed by atoms with Crippen molar-refractivity contribution >= 4 is 58.3 Å². The number of halogens is 3. The van der Waals surface area contributed by atoms with Crippen molar-refractivity contribution in [3.05, 3.63) is 51.5 Å². The van der Waals surface area contributed by atoms with E-state index in [1.807, 2.05) is 0 Å². The van der Waals surface area contributed by atoms with Crippen molar-refractivity contribution in [3.63, 3.8) is 0 Å². The van der Waals surface area contributed by atoms with Crippen LogP contribution < -0.4 is 15.2 Å². The van der Waals surface area contributed by atoms with Gasteiger partial charge in [-0.05, 0) is 30.3 Å². The molecular formula is C16H12Cl3NO3S. The van der Waals surface area contributed by atoms with E-state index >= 15 is 0 Å². The van der Waals surface area contributed by atoms with Crippen LogP contribution in [-0.4, -0.2) is 17.4 Å². The topological polar surface area (TPSA) is 61.6 Å². The summed E-state index contributed by atoms with van der Waals surface area (Å²) in [6.07, 6.45) is -0.710. The van der Waals surface area contributed by atoms with E-state index < -0.39 is 12.0 Å². The molecule has 0 aliphatic heterocycles. The lowest BCUT2D eigenvalue weighted by atomic mass is 10.2. The summed E-state index contributed by atoms with van der Waals surface area (Å²) < 4.78 is 11.3. The fraction of sp³-hybridized carbons (Fsp3) is 0.125. The fourth-order valence-electron chi connectivity index (χ4n) is 1.80. The van der Waals surface area contributed by atoms with Crippen LogP contribution in [0.4, 0.5) is 0 Å². The number of amides is 1. The van der Waals surface area contributed by atoms with E-state index in [2.05, 4.69) is 0 Å². The summed E-state index contributed by atoms with van der Waals surface area (Å²) in [6.45, 7) is 0. The van der Waals surface area contributed by atoms with Gasteiger partial charge in [-0.3, -0.25) is 4.79 Å². The van der Waals surface area contributed by atoms with Gasteiger partial charge in [0.2, 0.25) is 5.91 Å². The quantitative estimate of drug-likeness (QED) is 0.655. The first-order chi connectivity index (χ1) is 11.4. The summed E-state index contributed by atoms with van der Waals surface area (Å²) in [6, 6.07) is 9.69. The molecule has 0 fully saturated rings. The summed E-state index contributed by atoms with van der Waals surface area (Å²) in [5, 5.41) is 2.52. The van der Waals surface area contributed by atoms with Crippen molar-refractivity contribution in [1.82, 2.24) is 0 Å². The second-order valence-electron chi connectivity index (χ2n) is 4.73. The predicted molar refractivity (Wildman–Crippen MR) is 99.9 cm³/mol. The van der Waals surface area contributed by atoms with Gasteiger partial charge in [0, 0.05) is 16.5 Å². The van der Waals surface area contributed by atoms with Crippen LogP contribution >= 0.6 is 47.0 Å². The molecule has 2 N–H and O–H groups in total. The van der Waals surface area contributed by atoms with Gasteiger partial charge < -0.3 is 15.2 Å². The molecule has 2 aromatic rings. The summed E-state index contributed by atoms with van der Waals surface area (Å²) in [5.74, 6) is 0.655. The van der Waals surface area contributed by atoms with Crippen LogP contribution in [0.1, 0.15) is 6.42 Å². The first-order valence-electron chi connectivity index (χ1n) is 6.71. The van der Waals surface area contributed by atoms with Crippen molar-refractivity contribution in [2.75, 3.05) is 0 Å². The van der Waals surface area contributed by atoms with Crippen LogP contribution in [0.15, 0.2) is 36.4 Å². The molecule has 1 unspecified atom stereocenters. The maximum Gasteiger partial charge on any atom is 0.221 e. The molecule has 4 nitrogen and oxygen atoms in total. The van der Waals surface area contributed by atoms with Gasteiger partial charge in [-0.2, -0.15) is 0 Å². The number of thiocarbonyl (C=S) groups is 1. The molecule has 0 aromatic heterocycles. The number of carbonyl (C=O) groups is 1. The normalized spacial score (nSPS) is 11.6. The van der Waals surface area contributed by atoms with Crippen LogP contribution in [0.3, 0.4) is 0 Å². The Morgan fingerprint density at radius 3 is 2.50 bits per heavy atom. The molecule has 0 aliphatic carbocycles. The average molecular weight is 405 g/mol. The standard InChI is InChI=1S/C16H12Cl3NO3S/c17-9-1-4-14(13(19)5-9)22-10-2-3-12(18)15(6-10)23-11(8-24)7-16(20)21/h1-6,8,11H,7H2,(H2,20,21). The van der Waals surface area contributed by atoms with Crippen LogP contribution in [0.25, 0.3) is 0 Å². The van der Waals surface area contributed by atoms with Crippen LogP contribution in [-0.2, 0) is 4.79 Å². The monoisotopic (exact) mass is 403 g/mol. The van der Waals surface area contributed by atoms with Gasteiger partial charge in [0.1, 0.15) is 23.4 Å². The van der Waals surface area contributed by atoms with Crippen LogP contribution in [0.2, 0.25) is 15.1 Å². The highest BCUT2D eigenvalue weighted by Crippen LogP contribution is 2.35. The molecule has 0 bridgehead atoms. The largest absolute Gasteiger partial charge is 0.483 e. The molecule has 0 saturated heterocycles. The molecule has 0 radical (unpaired) electrons. The van der Waals surface area contributed by atoms with E-state index in [9.17, 15) is 4.79 Å². The summed E-state index contributed by atoms with van der Waals surface area (Å²) >= 11 is 22.9. The zero-order chi connectivity index (χ0) is 17.7. The smallest absolute Gasteiger partial charge is 0.221 e. The number of rotatable bonds is 7. The molecule has 0 saturated carbocycles. The van der Waals surface area contributed by atoms with E-state index in [0.29, 0.717) is 32.3 Å². The molecule has 24 heavy (non-hydrogen) atoms. The summed E-state index contributed by atoms with van der Waals surface area (Å²) in [5.41, 5.74) is 5.15. The number of carbonyl (C=O) groups excluding carboxylic acids is 1. The Balaban J connectivity index is 2.21. The van der Waals surface area contributed by atoms with Crippen molar-refractivity contribution < 1.29 is 14.3 Å². The maximum absolute atomic E-state index is 11.0. The van der Waals surface area contributed by atoms with E-state index in [1.54, 1.807) is 36.4 Å². The molecule has 0 heterocycles. The minimum Gasteiger partial charge on any atom is -0.483 e. The van der Waals surface area contributed by atoms with E-state index in [1.165, 1.54) is 5.37 Å². The van der Waals surface area contributed by atoms with Gasteiger partial charge in [-0.15, -0.1) is 0 Å². The zero-order valence-corrected chi connectivity index (χ0v) is 15.3. The molecular weight excluding hydrogens is 393 g/mol. The van der Waals surface area contributed by atoms with Gasteiger partial charge in [-0.1, -0.05) is 47.0 Å². The van der Waals surface area contributed by atoms with Gasteiger partial charge in [-0.25, -0.2) is 0 Å². The third-order valence-corrected chi connectivity index (χ3v) is 4.00. The van der Waals surface area contributed by atoms with E-state index in [4.69, 9.17) is 62.2 Å². The lowest BCUT2D eigenvalue weighted by Gasteiger charge is -2.16. The third-order valence-electron chi connectivity index (χ3n) is 2.86. The Bertz CT molecular complexity index is 770. The third kappa shape index (κ3) is 5.24. The number of primary amides is 1. The highest BCUT2D eigenvalue weighted by Gasteiger charge is 2.14. The van der Waals surface area contributed by atoms with Crippen LogP contribution in [0, 0.1) is 0 Å². The molecule has 1 amide bonds. The molecule has 126 valence electrons. The number of hydrogen-bond donors (Lipinski definition) is 1. The first kappa shape index (κ1) is 18.8. The van der Waals surface area contributed by atoms with Crippen molar-refractivity contribution in [3.8, 4) is 17.2 Å². The zero-order valence-electron chi connectivity index (χ0n) is 12.2.